The van der Waals surface area contributed by atoms with Crippen molar-refractivity contribution in [3.05, 3.63) is 52.8 Å². The van der Waals surface area contributed by atoms with Crippen molar-refractivity contribution in [2.75, 3.05) is 14.1 Å². The highest BCUT2D eigenvalue weighted by Crippen LogP contribution is 2.32. The third-order valence-electron chi connectivity index (χ3n) is 3.88. The van der Waals surface area contributed by atoms with Crippen molar-refractivity contribution in [1.82, 2.24) is 9.88 Å². The average molecular weight is 322 g/mol. The fourth-order valence-corrected chi connectivity index (χ4v) is 2.72. The first kappa shape index (κ1) is 14.3. The zero-order valence-electron chi connectivity index (χ0n) is 13.1. The first-order chi connectivity index (χ1) is 11.5. The number of carbonyl (C=O) groups is 1. The van der Waals surface area contributed by atoms with E-state index in [9.17, 15) is 9.59 Å². The number of pyridine rings is 1. The summed E-state index contributed by atoms with van der Waals surface area (Å²) in [6.45, 7) is 0. The van der Waals surface area contributed by atoms with Gasteiger partial charge < -0.3 is 19.0 Å². The highest BCUT2D eigenvalue weighted by Gasteiger charge is 2.15. The molecule has 2 aromatic heterocycles. The molecule has 0 radical (unpaired) electrons. The van der Waals surface area contributed by atoms with E-state index in [0.717, 1.165) is 5.39 Å². The molecule has 0 saturated carbocycles. The Morgan fingerprint density at radius 3 is 2.71 bits per heavy atom. The molecule has 2 heterocycles. The maximum Gasteiger partial charge on any atom is 0.414 e. The molecule has 0 fully saturated rings. The summed E-state index contributed by atoms with van der Waals surface area (Å²) in [7, 11) is 3.21. The molecule has 0 aliphatic rings. The Balaban J connectivity index is 1.97. The second kappa shape index (κ2) is 5.13. The van der Waals surface area contributed by atoms with Gasteiger partial charge in [-0.3, -0.25) is 4.79 Å². The number of fused-ring (bicyclic) bond motifs is 5. The van der Waals surface area contributed by atoms with Crippen LogP contribution in [0.25, 0.3) is 32.8 Å². The molecule has 1 N–H and O–H groups in total. The molecular formula is C18H14N2O4. The van der Waals surface area contributed by atoms with Gasteiger partial charge in [0.1, 0.15) is 16.9 Å². The summed E-state index contributed by atoms with van der Waals surface area (Å²) < 4.78 is 11.1. The number of carbonyl (C=O) groups excluding carboxylic acids is 1. The van der Waals surface area contributed by atoms with Gasteiger partial charge in [-0.25, -0.2) is 4.79 Å². The van der Waals surface area contributed by atoms with Crippen LogP contribution in [0.2, 0.25) is 0 Å². The molecule has 4 aromatic rings. The molecule has 1 amide bonds. The topological polar surface area (TPSA) is 75.5 Å². The van der Waals surface area contributed by atoms with Gasteiger partial charge in [-0.1, -0.05) is 12.1 Å². The van der Waals surface area contributed by atoms with Crippen LogP contribution in [0.15, 0.2) is 51.7 Å². The quantitative estimate of drug-likeness (QED) is 0.582. The van der Waals surface area contributed by atoms with Crippen molar-refractivity contribution in [1.29, 1.82) is 0 Å². The van der Waals surface area contributed by atoms with Gasteiger partial charge in [-0.2, -0.15) is 0 Å². The minimum Gasteiger partial charge on any atom is -0.455 e. The number of ether oxygens (including phenoxy) is 1. The molecule has 0 unspecified atom stereocenters. The van der Waals surface area contributed by atoms with E-state index >= 15 is 0 Å². The van der Waals surface area contributed by atoms with Gasteiger partial charge in [0.15, 0.2) is 0 Å². The minimum absolute atomic E-state index is 0.208. The molecule has 0 spiro atoms. The van der Waals surface area contributed by atoms with E-state index in [-0.39, 0.29) is 5.56 Å². The molecule has 0 bridgehead atoms. The summed E-state index contributed by atoms with van der Waals surface area (Å²) in [5.74, 6) is 0.362. The van der Waals surface area contributed by atoms with Crippen LogP contribution in [0.1, 0.15) is 0 Å². The molecule has 6 heteroatoms. The number of aromatic nitrogens is 1. The van der Waals surface area contributed by atoms with Gasteiger partial charge in [0.2, 0.25) is 0 Å². The summed E-state index contributed by atoms with van der Waals surface area (Å²) in [6.07, 6.45) is -0.478. The van der Waals surface area contributed by atoms with E-state index in [2.05, 4.69) is 4.98 Å². The van der Waals surface area contributed by atoms with Gasteiger partial charge in [-0.15, -0.1) is 0 Å². The Bertz CT molecular complexity index is 1150. The van der Waals surface area contributed by atoms with Crippen LogP contribution in [0.3, 0.4) is 0 Å². The number of nitrogens with zero attached hydrogens (tertiary/aromatic N) is 1. The third-order valence-corrected chi connectivity index (χ3v) is 3.88. The van der Waals surface area contributed by atoms with E-state index in [4.69, 9.17) is 9.15 Å². The van der Waals surface area contributed by atoms with Crippen molar-refractivity contribution >= 4 is 38.9 Å². The number of aromatic amines is 1. The number of para-hydroxylation sites is 1. The fraction of sp³-hybridized carbons (Fsp3) is 0.111. The van der Waals surface area contributed by atoms with E-state index in [1.807, 2.05) is 24.3 Å². The zero-order chi connectivity index (χ0) is 16.8. The van der Waals surface area contributed by atoms with E-state index in [0.29, 0.717) is 33.2 Å². The second-order valence-corrected chi connectivity index (χ2v) is 5.73. The van der Waals surface area contributed by atoms with Crippen LogP contribution in [-0.4, -0.2) is 30.1 Å². The normalized spacial score (nSPS) is 11.2. The van der Waals surface area contributed by atoms with Crippen molar-refractivity contribution in [2.24, 2.45) is 0 Å². The molecule has 24 heavy (non-hydrogen) atoms. The van der Waals surface area contributed by atoms with Gasteiger partial charge >= 0.3 is 6.09 Å². The minimum atomic E-state index is -0.478. The fourth-order valence-electron chi connectivity index (χ4n) is 2.72. The zero-order valence-corrected chi connectivity index (χ0v) is 13.1. The van der Waals surface area contributed by atoms with Gasteiger partial charge in [0.25, 0.3) is 5.56 Å². The lowest BCUT2D eigenvalue weighted by atomic mass is 10.1. The maximum atomic E-state index is 12.4. The molecule has 120 valence electrons. The lowest BCUT2D eigenvalue weighted by molar-refractivity contribution is 0.172. The number of H-pyrrole nitrogens is 1. The van der Waals surface area contributed by atoms with E-state index < -0.39 is 6.09 Å². The predicted octanol–water partition coefficient (Wildman–Crippen LogP) is 3.49. The van der Waals surface area contributed by atoms with Crippen LogP contribution >= 0.6 is 0 Å². The lowest BCUT2D eigenvalue weighted by Crippen LogP contribution is -2.25. The largest absolute Gasteiger partial charge is 0.455 e. The average Bonchev–Trinajstić information content (AvgIpc) is 2.94. The predicted molar refractivity (Wildman–Crippen MR) is 91.6 cm³/mol. The molecule has 4 rings (SSSR count). The number of nitrogens with one attached hydrogen (secondary N) is 1. The van der Waals surface area contributed by atoms with Crippen LogP contribution < -0.4 is 10.3 Å². The Hall–Kier alpha value is -3.28. The first-order valence-corrected chi connectivity index (χ1v) is 7.41. The first-order valence-electron chi connectivity index (χ1n) is 7.41. The van der Waals surface area contributed by atoms with E-state index in [1.54, 1.807) is 32.3 Å². The Morgan fingerprint density at radius 1 is 1.12 bits per heavy atom. The number of amides is 1. The van der Waals surface area contributed by atoms with Crippen LogP contribution in [-0.2, 0) is 0 Å². The smallest absolute Gasteiger partial charge is 0.414 e. The second-order valence-electron chi connectivity index (χ2n) is 5.73. The molecule has 0 saturated heterocycles. The number of furan rings is 1. The van der Waals surface area contributed by atoms with Crippen LogP contribution in [0.5, 0.6) is 5.75 Å². The Kier molecular flexibility index (Phi) is 3.06. The monoisotopic (exact) mass is 322 g/mol. The molecule has 2 aromatic carbocycles. The van der Waals surface area contributed by atoms with Gasteiger partial charge in [0, 0.05) is 30.9 Å². The summed E-state index contributed by atoms with van der Waals surface area (Å²) >= 11 is 0. The van der Waals surface area contributed by atoms with Crippen LogP contribution in [0, 0.1) is 0 Å². The van der Waals surface area contributed by atoms with Gasteiger partial charge in [0.05, 0.1) is 10.9 Å². The molecule has 0 aliphatic carbocycles. The standard InChI is InChI=1S/C18H14N2O4/c1-20(2)18(22)23-10-7-8-12-14(9-10)24-16-11-5-3-4-6-13(11)19-17(21)15(12)16/h3-9H,1-2H3,(H,19,21). The maximum absolute atomic E-state index is 12.4. The Labute approximate surface area is 136 Å². The third kappa shape index (κ3) is 2.11. The molecule has 6 nitrogen and oxygen atoms in total. The molecule has 0 atom stereocenters. The number of hydrogen-bond acceptors (Lipinski definition) is 4. The summed E-state index contributed by atoms with van der Waals surface area (Å²) in [4.78, 5) is 28.3. The van der Waals surface area contributed by atoms with Crippen molar-refractivity contribution in [3.8, 4) is 5.75 Å². The van der Waals surface area contributed by atoms with Crippen LogP contribution in [0.4, 0.5) is 4.79 Å². The number of benzene rings is 2. The van der Waals surface area contributed by atoms with E-state index in [1.165, 1.54) is 4.90 Å². The lowest BCUT2D eigenvalue weighted by Gasteiger charge is -2.10. The van der Waals surface area contributed by atoms with Crippen molar-refractivity contribution in [2.45, 2.75) is 0 Å². The summed E-state index contributed by atoms with van der Waals surface area (Å²) in [6, 6.07) is 12.4. The number of hydrogen-bond donors (Lipinski definition) is 1. The highest BCUT2D eigenvalue weighted by atomic mass is 16.6. The molecular weight excluding hydrogens is 308 g/mol. The van der Waals surface area contributed by atoms with Gasteiger partial charge in [-0.05, 0) is 24.3 Å². The van der Waals surface area contributed by atoms with Crippen molar-refractivity contribution in [3.63, 3.8) is 0 Å². The van der Waals surface area contributed by atoms with Crippen molar-refractivity contribution < 1.29 is 13.9 Å². The number of rotatable bonds is 1. The summed E-state index contributed by atoms with van der Waals surface area (Å²) in [5, 5.41) is 2.01. The Morgan fingerprint density at radius 2 is 1.92 bits per heavy atom. The highest BCUT2D eigenvalue weighted by molar-refractivity contribution is 6.13. The molecule has 0 aliphatic heterocycles. The summed E-state index contributed by atoms with van der Waals surface area (Å²) in [5.41, 5.74) is 1.53. The SMILES string of the molecule is CN(C)C(=O)Oc1ccc2c(c1)oc1c3ccccc3[nH]c(=O)c21.